The summed E-state index contributed by atoms with van der Waals surface area (Å²) in [5.41, 5.74) is 2.75. The highest BCUT2D eigenvalue weighted by Crippen LogP contribution is 2.22. The van der Waals surface area contributed by atoms with E-state index in [9.17, 15) is 9.59 Å². The van der Waals surface area contributed by atoms with Crippen molar-refractivity contribution in [1.82, 2.24) is 4.90 Å². The molecule has 0 aliphatic carbocycles. The lowest BCUT2D eigenvalue weighted by Crippen LogP contribution is -2.43. The summed E-state index contributed by atoms with van der Waals surface area (Å²) in [6.07, 6.45) is 4.95. The average Bonchev–Trinajstić information content (AvgIpc) is 2.73. The van der Waals surface area contributed by atoms with Crippen LogP contribution in [0.4, 0.5) is 5.69 Å². The van der Waals surface area contributed by atoms with Crippen LogP contribution >= 0.6 is 0 Å². The van der Waals surface area contributed by atoms with Gasteiger partial charge in [0.2, 0.25) is 11.8 Å². The van der Waals surface area contributed by atoms with Crippen LogP contribution in [-0.4, -0.2) is 36.9 Å². The number of carbonyl (C=O) groups is 2. The summed E-state index contributed by atoms with van der Waals surface area (Å²) in [6, 6.07) is 15.3. The van der Waals surface area contributed by atoms with Crippen LogP contribution in [0, 0.1) is 12.8 Å². The lowest BCUT2D eigenvalue weighted by Gasteiger charge is -2.31. The first kappa shape index (κ1) is 19.7. The Hall–Kier alpha value is -3.08. The molecule has 5 heteroatoms. The summed E-state index contributed by atoms with van der Waals surface area (Å²) in [7, 11) is 1.62. The number of benzene rings is 2. The molecule has 0 bridgehead atoms. The molecular weight excluding hydrogens is 352 g/mol. The van der Waals surface area contributed by atoms with Crippen molar-refractivity contribution in [2.45, 2.75) is 19.8 Å². The second-order valence-electron chi connectivity index (χ2n) is 7.06. The molecule has 1 fully saturated rings. The van der Waals surface area contributed by atoms with Gasteiger partial charge in [0.1, 0.15) is 5.75 Å². The van der Waals surface area contributed by atoms with Crippen LogP contribution in [0.25, 0.3) is 6.08 Å². The minimum atomic E-state index is -0.195. The Kier molecular flexibility index (Phi) is 6.48. The van der Waals surface area contributed by atoms with Gasteiger partial charge in [0.25, 0.3) is 0 Å². The van der Waals surface area contributed by atoms with Crippen LogP contribution < -0.4 is 10.1 Å². The molecule has 0 spiro atoms. The lowest BCUT2D eigenvalue weighted by molar-refractivity contribution is -0.130. The van der Waals surface area contributed by atoms with Crippen LogP contribution in [-0.2, 0) is 9.59 Å². The van der Waals surface area contributed by atoms with Gasteiger partial charge >= 0.3 is 0 Å². The molecule has 28 heavy (non-hydrogen) atoms. The molecule has 1 aliphatic heterocycles. The summed E-state index contributed by atoms with van der Waals surface area (Å²) in [4.78, 5) is 26.9. The molecular formula is C23H26N2O3. The maximum Gasteiger partial charge on any atom is 0.246 e. The van der Waals surface area contributed by atoms with E-state index in [1.165, 1.54) is 0 Å². The van der Waals surface area contributed by atoms with Crippen molar-refractivity contribution in [2.24, 2.45) is 5.92 Å². The molecule has 146 valence electrons. The van der Waals surface area contributed by atoms with E-state index in [1.54, 1.807) is 24.2 Å². The van der Waals surface area contributed by atoms with E-state index in [0.717, 1.165) is 35.4 Å². The SMILES string of the molecule is COc1ccc(C)cc1/C=C/C(=O)N1CCCC(C(=O)Nc2ccccc2)C1. The molecule has 1 unspecified atom stereocenters. The maximum atomic E-state index is 12.6. The Labute approximate surface area is 166 Å². The number of hydrogen-bond donors (Lipinski definition) is 1. The number of anilines is 1. The van der Waals surface area contributed by atoms with Gasteiger partial charge in [-0.25, -0.2) is 0 Å². The molecule has 0 radical (unpaired) electrons. The second kappa shape index (κ2) is 9.22. The fourth-order valence-electron chi connectivity index (χ4n) is 3.41. The number of likely N-dealkylation sites (tertiary alicyclic amines) is 1. The number of rotatable bonds is 5. The zero-order valence-corrected chi connectivity index (χ0v) is 16.4. The smallest absolute Gasteiger partial charge is 0.246 e. The van der Waals surface area contributed by atoms with Crippen LogP contribution in [0.15, 0.2) is 54.6 Å². The maximum absolute atomic E-state index is 12.6. The number of hydrogen-bond acceptors (Lipinski definition) is 3. The first-order valence-corrected chi connectivity index (χ1v) is 9.54. The summed E-state index contributed by atoms with van der Waals surface area (Å²) in [6.45, 7) is 3.11. The minimum Gasteiger partial charge on any atom is -0.496 e. The first-order valence-electron chi connectivity index (χ1n) is 9.54. The summed E-state index contributed by atoms with van der Waals surface area (Å²) in [5.74, 6) is 0.419. The third-order valence-electron chi connectivity index (χ3n) is 4.94. The Morgan fingerprint density at radius 3 is 2.71 bits per heavy atom. The van der Waals surface area contributed by atoms with Crippen molar-refractivity contribution in [2.75, 3.05) is 25.5 Å². The topological polar surface area (TPSA) is 58.6 Å². The van der Waals surface area contributed by atoms with E-state index in [1.807, 2.05) is 55.5 Å². The van der Waals surface area contributed by atoms with Crippen LogP contribution in [0.3, 0.4) is 0 Å². The van der Waals surface area contributed by atoms with Crippen molar-refractivity contribution in [3.8, 4) is 5.75 Å². The molecule has 1 atom stereocenters. The number of para-hydroxylation sites is 1. The molecule has 2 aromatic rings. The van der Waals surface area contributed by atoms with E-state index in [2.05, 4.69) is 5.32 Å². The Bertz CT molecular complexity index is 861. The van der Waals surface area contributed by atoms with Gasteiger partial charge in [0, 0.05) is 30.4 Å². The Balaban J connectivity index is 1.63. The third-order valence-corrected chi connectivity index (χ3v) is 4.94. The number of ether oxygens (including phenoxy) is 1. The van der Waals surface area contributed by atoms with Gasteiger partial charge in [-0.15, -0.1) is 0 Å². The molecule has 5 nitrogen and oxygen atoms in total. The van der Waals surface area contributed by atoms with Crippen molar-refractivity contribution < 1.29 is 14.3 Å². The summed E-state index contributed by atoms with van der Waals surface area (Å²) >= 11 is 0. The van der Waals surface area contributed by atoms with E-state index in [0.29, 0.717) is 13.1 Å². The molecule has 1 aliphatic rings. The van der Waals surface area contributed by atoms with Gasteiger partial charge < -0.3 is 15.0 Å². The van der Waals surface area contributed by atoms with E-state index in [4.69, 9.17) is 4.74 Å². The highest BCUT2D eigenvalue weighted by molar-refractivity contribution is 5.95. The Morgan fingerprint density at radius 1 is 1.18 bits per heavy atom. The van der Waals surface area contributed by atoms with Crippen molar-refractivity contribution in [3.63, 3.8) is 0 Å². The standard InChI is InChI=1S/C23H26N2O3/c1-17-10-12-21(28-2)18(15-17)11-13-22(26)25-14-6-7-19(16-25)23(27)24-20-8-4-3-5-9-20/h3-5,8-13,15,19H,6-7,14,16H2,1-2H3,(H,24,27)/b13-11+. The molecule has 2 amide bonds. The highest BCUT2D eigenvalue weighted by Gasteiger charge is 2.27. The van der Waals surface area contributed by atoms with Gasteiger partial charge in [-0.3, -0.25) is 9.59 Å². The van der Waals surface area contributed by atoms with E-state index in [-0.39, 0.29) is 17.7 Å². The van der Waals surface area contributed by atoms with Gasteiger partial charge in [0.15, 0.2) is 0 Å². The lowest BCUT2D eigenvalue weighted by atomic mass is 9.97. The highest BCUT2D eigenvalue weighted by atomic mass is 16.5. The van der Waals surface area contributed by atoms with Crippen molar-refractivity contribution in [1.29, 1.82) is 0 Å². The second-order valence-corrected chi connectivity index (χ2v) is 7.06. The summed E-state index contributed by atoms with van der Waals surface area (Å²) < 4.78 is 5.35. The van der Waals surface area contributed by atoms with Crippen LogP contribution in [0.5, 0.6) is 5.75 Å². The molecule has 3 rings (SSSR count). The molecule has 1 heterocycles. The predicted molar refractivity (Wildman–Crippen MR) is 111 cm³/mol. The zero-order chi connectivity index (χ0) is 19.9. The fourth-order valence-corrected chi connectivity index (χ4v) is 3.41. The van der Waals surface area contributed by atoms with Gasteiger partial charge in [-0.2, -0.15) is 0 Å². The monoisotopic (exact) mass is 378 g/mol. The molecule has 0 saturated carbocycles. The van der Waals surface area contributed by atoms with E-state index >= 15 is 0 Å². The van der Waals surface area contributed by atoms with Crippen molar-refractivity contribution >= 4 is 23.6 Å². The number of methoxy groups -OCH3 is 1. The van der Waals surface area contributed by atoms with E-state index < -0.39 is 0 Å². The van der Waals surface area contributed by atoms with Gasteiger partial charge in [-0.05, 0) is 50.1 Å². The molecule has 2 aromatic carbocycles. The number of aryl methyl sites for hydroxylation is 1. The average molecular weight is 378 g/mol. The number of amides is 2. The quantitative estimate of drug-likeness (QED) is 0.803. The number of nitrogens with one attached hydrogen (secondary N) is 1. The predicted octanol–water partition coefficient (Wildman–Crippen LogP) is 3.89. The Morgan fingerprint density at radius 2 is 1.96 bits per heavy atom. The summed E-state index contributed by atoms with van der Waals surface area (Å²) in [5, 5.41) is 2.94. The molecule has 0 aromatic heterocycles. The fraction of sp³-hybridized carbons (Fsp3) is 0.304. The van der Waals surface area contributed by atoms with Gasteiger partial charge in [0.05, 0.1) is 13.0 Å². The van der Waals surface area contributed by atoms with Gasteiger partial charge in [-0.1, -0.05) is 29.8 Å². The minimum absolute atomic E-state index is 0.0342. The van der Waals surface area contributed by atoms with Crippen LogP contribution in [0.1, 0.15) is 24.0 Å². The van der Waals surface area contributed by atoms with Crippen LogP contribution in [0.2, 0.25) is 0 Å². The molecule has 1 N–H and O–H groups in total. The normalized spacial score (nSPS) is 16.8. The van der Waals surface area contributed by atoms with Crippen molar-refractivity contribution in [3.05, 3.63) is 65.7 Å². The largest absolute Gasteiger partial charge is 0.496 e. The third kappa shape index (κ3) is 5.00. The molecule has 1 saturated heterocycles. The number of piperidine rings is 1. The number of nitrogens with zero attached hydrogens (tertiary/aromatic N) is 1. The first-order chi connectivity index (χ1) is 13.6. The zero-order valence-electron chi connectivity index (χ0n) is 16.4. The number of carbonyl (C=O) groups excluding carboxylic acids is 2.